The molecule has 1 amide bonds. The minimum atomic E-state index is -4.48. The zero-order valence-corrected chi connectivity index (χ0v) is 22.7. The molecule has 3 heterocycles. The van der Waals surface area contributed by atoms with Crippen LogP contribution in [0.4, 0.5) is 29.6 Å². The third-order valence-electron chi connectivity index (χ3n) is 6.58. The van der Waals surface area contributed by atoms with Crippen LogP contribution in [0.3, 0.4) is 0 Å². The molecule has 0 fully saturated rings. The minimum Gasteiger partial charge on any atom is -0.496 e. The Morgan fingerprint density at radius 1 is 0.975 bits per heavy atom. The Hall–Kier alpha value is -4.28. The van der Waals surface area contributed by atoms with Gasteiger partial charge >= 0.3 is 12.3 Å². The van der Waals surface area contributed by atoms with Gasteiger partial charge in [-0.2, -0.15) is 18.2 Å². The number of pyridine rings is 1. The number of nitrogens with one attached hydrogen (secondary N) is 1. The molecule has 2 aromatic carbocycles. The first-order valence-electron chi connectivity index (χ1n) is 12.9. The molecule has 210 valence electrons. The number of amides is 1. The first kappa shape index (κ1) is 27.3. The minimum absolute atomic E-state index is 0.0820. The molecule has 0 spiro atoms. The third-order valence-corrected chi connectivity index (χ3v) is 6.58. The summed E-state index contributed by atoms with van der Waals surface area (Å²) in [7, 11) is 1.33. The van der Waals surface area contributed by atoms with Crippen LogP contribution in [-0.2, 0) is 23.8 Å². The van der Waals surface area contributed by atoms with Crippen molar-refractivity contribution >= 4 is 23.4 Å². The van der Waals surface area contributed by atoms with E-state index >= 15 is 0 Å². The van der Waals surface area contributed by atoms with Crippen molar-refractivity contribution in [1.29, 1.82) is 0 Å². The molecule has 0 saturated heterocycles. The van der Waals surface area contributed by atoms with Gasteiger partial charge in [0.25, 0.3) is 0 Å². The van der Waals surface area contributed by atoms with Crippen molar-refractivity contribution in [2.75, 3.05) is 25.5 Å². The Balaban J connectivity index is 1.38. The molecule has 5 rings (SSSR count). The van der Waals surface area contributed by atoms with Gasteiger partial charge < -0.3 is 19.7 Å². The highest BCUT2D eigenvalue weighted by Gasteiger charge is 2.31. The maximum atomic E-state index is 13.2. The number of alkyl halides is 3. The van der Waals surface area contributed by atoms with Crippen LogP contribution >= 0.6 is 0 Å². The number of fused-ring (bicyclic) bond motifs is 2. The largest absolute Gasteiger partial charge is 0.496 e. The molecule has 0 atom stereocenters. The van der Waals surface area contributed by atoms with E-state index in [9.17, 15) is 18.0 Å². The summed E-state index contributed by atoms with van der Waals surface area (Å²) in [5.41, 5.74) is 3.24. The molecule has 0 bridgehead atoms. The fraction of sp³-hybridized carbons (Fsp3) is 0.345. The average molecular weight is 554 g/mol. The second kappa shape index (κ2) is 10.4. The molecule has 1 aliphatic rings. The second-order valence-electron chi connectivity index (χ2n) is 10.6. The fourth-order valence-electron chi connectivity index (χ4n) is 4.68. The number of carbonyl (C=O) groups is 1. The number of hydrogen-bond acceptors (Lipinski definition) is 6. The number of hydrogen-bond donors (Lipinski definition) is 1. The lowest BCUT2D eigenvalue weighted by Crippen LogP contribution is -2.38. The number of rotatable bonds is 4. The summed E-state index contributed by atoms with van der Waals surface area (Å²) >= 11 is 0. The van der Waals surface area contributed by atoms with Crippen molar-refractivity contribution in [3.05, 3.63) is 71.3 Å². The highest BCUT2D eigenvalue weighted by molar-refractivity contribution is 5.71. The van der Waals surface area contributed by atoms with Crippen LogP contribution in [0.25, 0.3) is 16.9 Å². The monoisotopic (exact) mass is 553 g/mol. The Labute approximate surface area is 229 Å². The van der Waals surface area contributed by atoms with E-state index in [2.05, 4.69) is 15.4 Å². The SMILES string of the molecule is COc1cc(C(F)(F)F)ccc1-c1cccc2nc(Nc3ccc4c(c3)CCN(C(=O)OC(C)(C)C)CC4)nn12. The van der Waals surface area contributed by atoms with Crippen LogP contribution in [-0.4, -0.2) is 51.4 Å². The number of aromatic nitrogens is 3. The summed E-state index contributed by atoms with van der Waals surface area (Å²) in [4.78, 5) is 18.8. The topological polar surface area (TPSA) is 81.0 Å². The zero-order valence-electron chi connectivity index (χ0n) is 22.7. The summed E-state index contributed by atoms with van der Waals surface area (Å²) < 4.78 is 52.1. The number of carbonyl (C=O) groups excluding carboxylic acids is 1. The van der Waals surface area contributed by atoms with Gasteiger partial charge in [-0.25, -0.2) is 9.31 Å². The van der Waals surface area contributed by atoms with Gasteiger partial charge in [-0.05, 0) is 87.2 Å². The number of anilines is 2. The van der Waals surface area contributed by atoms with E-state index < -0.39 is 17.3 Å². The van der Waals surface area contributed by atoms with Gasteiger partial charge in [-0.1, -0.05) is 12.1 Å². The molecule has 1 N–H and O–H groups in total. The summed E-state index contributed by atoms with van der Waals surface area (Å²) in [6.07, 6.45) is -3.39. The average Bonchev–Trinajstić information content (AvgIpc) is 3.17. The summed E-state index contributed by atoms with van der Waals surface area (Å²) in [6.45, 7) is 6.69. The second-order valence-corrected chi connectivity index (χ2v) is 10.6. The number of benzene rings is 2. The molecule has 0 saturated carbocycles. The maximum absolute atomic E-state index is 13.2. The van der Waals surface area contributed by atoms with Crippen LogP contribution in [0.1, 0.15) is 37.5 Å². The summed E-state index contributed by atoms with van der Waals surface area (Å²) in [5, 5.41) is 7.81. The highest BCUT2D eigenvalue weighted by Crippen LogP contribution is 2.37. The third kappa shape index (κ3) is 5.83. The number of methoxy groups -OCH3 is 1. The van der Waals surface area contributed by atoms with E-state index in [-0.39, 0.29) is 11.8 Å². The summed E-state index contributed by atoms with van der Waals surface area (Å²) in [5.74, 6) is 0.417. The quantitative estimate of drug-likeness (QED) is 0.311. The first-order valence-corrected chi connectivity index (χ1v) is 12.9. The molecular formula is C29H30F3N5O3. The van der Waals surface area contributed by atoms with Crippen LogP contribution in [0.5, 0.6) is 5.75 Å². The smallest absolute Gasteiger partial charge is 0.416 e. The van der Waals surface area contributed by atoms with E-state index in [1.165, 1.54) is 13.2 Å². The van der Waals surface area contributed by atoms with E-state index in [1.54, 1.807) is 27.6 Å². The van der Waals surface area contributed by atoms with Gasteiger partial charge in [0.15, 0.2) is 5.65 Å². The molecule has 11 heteroatoms. The molecule has 0 unspecified atom stereocenters. The first-order chi connectivity index (χ1) is 18.9. The lowest BCUT2D eigenvalue weighted by Gasteiger charge is -2.26. The molecule has 8 nitrogen and oxygen atoms in total. The van der Waals surface area contributed by atoms with Crippen LogP contribution in [0.15, 0.2) is 54.6 Å². The Morgan fingerprint density at radius 2 is 1.73 bits per heavy atom. The van der Waals surface area contributed by atoms with Gasteiger partial charge in [0.1, 0.15) is 11.4 Å². The Kier molecular flexibility index (Phi) is 7.07. The van der Waals surface area contributed by atoms with Gasteiger partial charge in [0.2, 0.25) is 5.95 Å². The fourth-order valence-corrected chi connectivity index (χ4v) is 4.68. The van der Waals surface area contributed by atoms with Crippen molar-refractivity contribution < 1.29 is 27.4 Å². The number of nitrogens with zero attached hydrogens (tertiary/aromatic N) is 4. The lowest BCUT2D eigenvalue weighted by molar-refractivity contribution is -0.137. The highest BCUT2D eigenvalue weighted by atomic mass is 19.4. The van der Waals surface area contributed by atoms with E-state index in [1.807, 2.05) is 39.0 Å². The predicted octanol–water partition coefficient (Wildman–Crippen LogP) is 6.50. The van der Waals surface area contributed by atoms with Gasteiger partial charge in [-0.15, -0.1) is 5.10 Å². The van der Waals surface area contributed by atoms with Crippen LogP contribution in [0.2, 0.25) is 0 Å². The summed E-state index contributed by atoms with van der Waals surface area (Å²) in [6, 6.07) is 14.6. The molecule has 1 aliphatic heterocycles. The maximum Gasteiger partial charge on any atom is 0.416 e. The number of halogens is 3. The van der Waals surface area contributed by atoms with Crippen molar-refractivity contribution in [2.45, 2.75) is 45.4 Å². The van der Waals surface area contributed by atoms with Crippen LogP contribution < -0.4 is 10.1 Å². The molecule has 0 radical (unpaired) electrons. The number of ether oxygens (including phenoxy) is 2. The van der Waals surface area contributed by atoms with Gasteiger partial charge in [0.05, 0.1) is 18.4 Å². The Morgan fingerprint density at radius 3 is 2.42 bits per heavy atom. The normalized spacial score (nSPS) is 14.0. The lowest BCUT2D eigenvalue weighted by atomic mass is 10.0. The molecule has 0 aliphatic carbocycles. The van der Waals surface area contributed by atoms with Crippen molar-refractivity contribution in [2.24, 2.45) is 0 Å². The van der Waals surface area contributed by atoms with Crippen molar-refractivity contribution in [3.63, 3.8) is 0 Å². The Bertz CT molecular complexity index is 1560. The molecule has 40 heavy (non-hydrogen) atoms. The standard InChI is InChI=1S/C29H30F3N5O3/c1-28(2,3)40-27(38)36-14-12-18-8-10-21(16-19(18)13-15-36)33-26-34-25-7-5-6-23(37(25)35-26)22-11-9-20(29(30,31)32)17-24(22)39-4/h5-11,16-17H,12-15H2,1-4H3,(H,33,35). The van der Waals surface area contributed by atoms with Crippen molar-refractivity contribution in [3.8, 4) is 17.0 Å². The van der Waals surface area contributed by atoms with E-state index in [4.69, 9.17) is 9.47 Å². The van der Waals surface area contributed by atoms with Crippen LogP contribution in [0, 0.1) is 0 Å². The van der Waals surface area contributed by atoms with Gasteiger partial charge in [0, 0.05) is 24.3 Å². The zero-order chi connectivity index (χ0) is 28.7. The molecular weight excluding hydrogens is 523 g/mol. The molecule has 4 aromatic rings. The van der Waals surface area contributed by atoms with E-state index in [0.717, 1.165) is 35.4 Å². The van der Waals surface area contributed by atoms with Crippen molar-refractivity contribution in [1.82, 2.24) is 19.5 Å². The predicted molar refractivity (Wildman–Crippen MR) is 145 cm³/mol. The molecule has 2 aromatic heterocycles. The van der Waals surface area contributed by atoms with E-state index in [0.29, 0.717) is 42.4 Å². The van der Waals surface area contributed by atoms with Gasteiger partial charge in [-0.3, -0.25) is 0 Å².